The predicted octanol–water partition coefficient (Wildman–Crippen LogP) is 2.71. The highest BCUT2D eigenvalue weighted by molar-refractivity contribution is 8.23. The van der Waals surface area contributed by atoms with E-state index < -0.39 is 0 Å². The summed E-state index contributed by atoms with van der Waals surface area (Å²) < 4.78 is 21.2. The van der Waals surface area contributed by atoms with Gasteiger partial charge in [-0.3, -0.25) is 9.59 Å². The van der Waals surface area contributed by atoms with Gasteiger partial charge in [0.15, 0.2) is 0 Å². The number of carbonyl (C=O) groups is 2. The fraction of sp³-hybridized carbons (Fsp3) is 0.714. The molecule has 0 aromatic heterocycles. The van der Waals surface area contributed by atoms with E-state index in [0.29, 0.717) is 34.8 Å². The molecule has 0 bridgehead atoms. The number of hydrogen-bond acceptors (Lipinski definition) is 10. The van der Waals surface area contributed by atoms with E-state index in [4.69, 9.17) is 43.4 Å². The molecule has 0 aliphatic carbocycles. The molecule has 0 saturated carbocycles. The van der Waals surface area contributed by atoms with E-state index in [1.54, 1.807) is 13.8 Å². The molecule has 0 aromatic rings. The zero-order valence-electron chi connectivity index (χ0n) is 13.5. The Labute approximate surface area is 160 Å². The number of carbonyl (C=O) groups excluding carboxylic acids is 2. The van der Waals surface area contributed by atoms with Crippen LogP contribution in [0, 0.1) is 0 Å². The Kier molecular flexibility index (Phi) is 10.6. The van der Waals surface area contributed by atoms with Crippen LogP contribution in [-0.4, -0.2) is 57.6 Å². The van der Waals surface area contributed by atoms with Gasteiger partial charge in [0, 0.05) is 24.3 Å². The molecule has 0 N–H and O–H groups in total. The number of rotatable bonds is 6. The molecule has 24 heavy (non-hydrogen) atoms. The second-order valence-corrected chi connectivity index (χ2v) is 7.92. The van der Waals surface area contributed by atoms with Crippen LogP contribution in [0.3, 0.4) is 0 Å². The molecule has 0 spiro atoms. The molecule has 6 nitrogen and oxygen atoms in total. The Balaban J connectivity index is 0.000000240. The highest BCUT2D eigenvalue weighted by Crippen LogP contribution is 2.20. The Morgan fingerprint density at radius 1 is 0.958 bits per heavy atom. The number of ether oxygens (including phenoxy) is 4. The topological polar surface area (TPSA) is 71.1 Å². The van der Waals surface area contributed by atoms with Gasteiger partial charge in [0.25, 0.3) is 0 Å². The number of hydrogen-bond donors (Lipinski definition) is 0. The van der Waals surface area contributed by atoms with Gasteiger partial charge < -0.3 is 18.9 Å². The van der Waals surface area contributed by atoms with Gasteiger partial charge in [-0.15, -0.1) is 0 Å². The van der Waals surface area contributed by atoms with Crippen molar-refractivity contribution in [2.24, 2.45) is 0 Å². The van der Waals surface area contributed by atoms with E-state index in [2.05, 4.69) is 0 Å². The Hall–Kier alpha value is -0.580. The van der Waals surface area contributed by atoms with Crippen LogP contribution in [0.1, 0.15) is 26.7 Å². The zero-order chi connectivity index (χ0) is 17.9. The van der Waals surface area contributed by atoms with Crippen molar-refractivity contribution in [2.75, 3.05) is 24.7 Å². The van der Waals surface area contributed by atoms with Gasteiger partial charge in [-0.05, 0) is 24.4 Å². The molecule has 2 aliphatic heterocycles. The normalized spacial score (nSPS) is 22.1. The first-order valence-corrected chi connectivity index (χ1v) is 10.2. The van der Waals surface area contributed by atoms with Crippen molar-refractivity contribution in [1.29, 1.82) is 0 Å². The van der Waals surface area contributed by atoms with Crippen LogP contribution < -0.4 is 0 Å². The van der Waals surface area contributed by atoms with Crippen LogP contribution in [0.4, 0.5) is 0 Å². The maximum atomic E-state index is 10.7. The van der Waals surface area contributed by atoms with Crippen LogP contribution in [0.5, 0.6) is 0 Å². The summed E-state index contributed by atoms with van der Waals surface area (Å²) >= 11 is 12.6. The van der Waals surface area contributed by atoms with Crippen molar-refractivity contribution < 1.29 is 28.5 Å². The largest absolute Gasteiger partial charge is 0.471 e. The molecule has 2 aliphatic rings. The summed E-state index contributed by atoms with van der Waals surface area (Å²) in [7, 11) is 0. The maximum Gasteiger partial charge on any atom is 0.305 e. The van der Waals surface area contributed by atoms with Crippen molar-refractivity contribution in [3.05, 3.63) is 0 Å². The summed E-state index contributed by atoms with van der Waals surface area (Å²) in [6.45, 7) is 4.16. The summed E-state index contributed by atoms with van der Waals surface area (Å²) in [5, 5.41) is 0. The lowest BCUT2D eigenvalue weighted by Crippen LogP contribution is -2.20. The zero-order valence-corrected chi connectivity index (χ0v) is 16.7. The van der Waals surface area contributed by atoms with Gasteiger partial charge in [0.05, 0.1) is 0 Å². The third-order valence-corrected chi connectivity index (χ3v) is 5.38. The van der Waals surface area contributed by atoms with Crippen molar-refractivity contribution in [3.63, 3.8) is 0 Å². The molecule has 2 fully saturated rings. The molecule has 0 amide bonds. The summed E-state index contributed by atoms with van der Waals surface area (Å²) in [6, 6.07) is 0. The highest BCUT2D eigenvalue weighted by Gasteiger charge is 2.23. The average molecular weight is 413 g/mol. The molecule has 10 heteroatoms. The molecule has 0 radical (unpaired) electrons. The maximum absolute atomic E-state index is 10.7. The Bertz CT molecular complexity index is 428. The predicted molar refractivity (Wildman–Crippen MR) is 102 cm³/mol. The van der Waals surface area contributed by atoms with Gasteiger partial charge in [-0.2, -0.15) is 0 Å². The van der Waals surface area contributed by atoms with E-state index >= 15 is 0 Å². The quantitative estimate of drug-likeness (QED) is 0.480. The van der Waals surface area contributed by atoms with Crippen LogP contribution >= 0.6 is 48.0 Å². The van der Waals surface area contributed by atoms with Crippen LogP contribution in [0.15, 0.2) is 0 Å². The van der Waals surface area contributed by atoms with E-state index in [-0.39, 0.29) is 24.1 Å². The highest BCUT2D eigenvalue weighted by atomic mass is 32.2. The van der Waals surface area contributed by atoms with Crippen LogP contribution in [0.2, 0.25) is 0 Å². The second-order valence-electron chi connectivity index (χ2n) is 4.67. The molecular weight excluding hydrogens is 392 g/mol. The van der Waals surface area contributed by atoms with Crippen LogP contribution in [-0.2, 0) is 28.5 Å². The van der Waals surface area contributed by atoms with Gasteiger partial charge in [-0.1, -0.05) is 37.4 Å². The molecular formula is C14H20O6S4. The van der Waals surface area contributed by atoms with E-state index in [0.717, 1.165) is 11.5 Å². The first kappa shape index (κ1) is 21.5. The standard InChI is InChI=1S/2C7H10O3S2/c2*1-2-6(8)9-3-5-4-12-7(11)10-5/h2*5H,2-4H2,1H3. The molecule has 136 valence electrons. The lowest BCUT2D eigenvalue weighted by Gasteiger charge is -2.08. The minimum atomic E-state index is -0.193. The van der Waals surface area contributed by atoms with Crippen LogP contribution in [0.25, 0.3) is 0 Å². The summed E-state index contributed by atoms with van der Waals surface area (Å²) in [4.78, 5) is 21.5. The Morgan fingerprint density at radius 2 is 1.33 bits per heavy atom. The fourth-order valence-corrected chi connectivity index (χ4v) is 3.53. The molecule has 2 atom stereocenters. The number of thioether (sulfide) groups is 2. The van der Waals surface area contributed by atoms with Crippen molar-refractivity contribution in [1.82, 2.24) is 0 Å². The lowest BCUT2D eigenvalue weighted by molar-refractivity contribution is -0.146. The van der Waals surface area contributed by atoms with E-state index in [1.165, 1.54) is 23.5 Å². The van der Waals surface area contributed by atoms with Crippen molar-refractivity contribution in [3.8, 4) is 0 Å². The van der Waals surface area contributed by atoms with Gasteiger partial charge >= 0.3 is 11.9 Å². The SMILES string of the molecule is CCC(=O)OCC1CSC(=S)O1.CCC(=O)OCC1CSC(=S)O1. The first-order valence-electron chi connectivity index (χ1n) is 7.42. The number of thiocarbonyl (C=S) groups is 2. The van der Waals surface area contributed by atoms with Crippen molar-refractivity contribution in [2.45, 2.75) is 38.9 Å². The Morgan fingerprint density at radius 3 is 1.58 bits per heavy atom. The lowest BCUT2D eigenvalue weighted by atomic mass is 10.4. The summed E-state index contributed by atoms with van der Waals surface area (Å²) in [5.74, 6) is 1.19. The molecule has 2 unspecified atom stereocenters. The third-order valence-electron chi connectivity index (χ3n) is 2.74. The third kappa shape index (κ3) is 9.05. The fourth-order valence-electron chi connectivity index (χ4n) is 1.47. The van der Waals surface area contributed by atoms with E-state index in [1.807, 2.05) is 0 Å². The summed E-state index contributed by atoms with van der Waals surface area (Å²) in [5.41, 5.74) is 0. The number of esters is 2. The minimum Gasteiger partial charge on any atom is -0.471 e. The monoisotopic (exact) mass is 412 g/mol. The van der Waals surface area contributed by atoms with E-state index in [9.17, 15) is 9.59 Å². The first-order chi connectivity index (χ1) is 11.4. The molecule has 0 aromatic carbocycles. The smallest absolute Gasteiger partial charge is 0.305 e. The second kappa shape index (κ2) is 11.9. The van der Waals surface area contributed by atoms with Gasteiger partial charge in [0.2, 0.25) is 8.77 Å². The van der Waals surface area contributed by atoms with Crippen molar-refractivity contribution >= 4 is 68.7 Å². The molecule has 2 saturated heterocycles. The molecule has 2 rings (SSSR count). The molecule has 2 heterocycles. The average Bonchev–Trinajstić information content (AvgIpc) is 3.19. The summed E-state index contributed by atoms with van der Waals surface area (Å²) in [6.07, 6.45) is 0.727. The van der Waals surface area contributed by atoms with Gasteiger partial charge in [0.1, 0.15) is 25.4 Å². The van der Waals surface area contributed by atoms with Gasteiger partial charge in [-0.25, -0.2) is 0 Å². The minimum absolute atomic E-state index is 0.0435.